The summed E-state index contributed by atoms with van der Waals surface area (Å²) in [6.45, 7) is 2.05. The topological polar surface area (TPSA) is 72.2 Å². The van der Waals surface area contributed by atoms with Crippen LogP contribution in [0.1, 0.15) is 32.6 Å². The highest BCUT2D eigenvalue weighted by molar-refractivity contribution is 7.89. The minimum Gasteiger partial charge on any atom is -0.378 e. The largest absolute Gasteiger partial charge is 0.378 e. The standard InChI is InChI=1S/C12H17FN2O2S/c1-12(6-2-3-7-12)15-11-5-4-9(8-10(11)13)18(14,16)17/h4-5,8,15H,2-3,6-7H2,1H3,(H2,14,16,17). The van der Waals surface area contributed by atoms with Crippen molar-refractivity contribution in [1.29, 1.82) is 0 Å². The summed E-state index contributed by atoms with van der Waals surface area (Å²) in [7, 11) is -3.85. The molecule has 1 aliphatic carbocycles. The monoisotopic (exact) mass is 272 g/mol. The molecule has 18 heavy (non-hydrogen) atoms. The van der Waals surface area contributed by atoms with Gasteiger partial charge in [0.05, 0.1) is 10.6 Å². The van der Waals surface area contributed by atoms with E-state index in [9.17, 15) is 12.8 Å². The molecule has 1 saturated carbocycles. The summed E-state index contributed by atoms with van der Waals surface area (Å²) in [5.41, 5.74) is 0.219. The van der Waals surface area contributed by atoms with Crippen molar-refractivity contribution >= 4 is 15.7 Å². The number of hydrogen-bond acceptors (Lipinski definition) is 3. The van der Waals surface area contributed by atoms with Gasteiger partial charge < -0.3 is 5.32 Å². The molecule has 3 N–H and O–H groups in total. The van der Waals surface area contributed by atoms with E-state index in [-0.39, 0.29) is 10.4 Å². The summed E-state index contributed by atoms with van der Waals surface area (Å²) in [4.78, 5) is -0.206. The van der Waals surface area contributed by atoms with Crippen LogP contribution in [0.2, 0.25) is 0 Å². The third-order valence-corrected chi connectivity index (χ3v) is 4.32. The van der Waals surface area contributed by atoms with Crippen LogP contribution in [0.5, 0.6) is 0 Å². The Morgan fingerprint density at radius 1 is 1.33 bits per heavy atom. The van der Waals surface area contributed by atoms with Gasteiger partial charge in [0.1, 0.15) is 5.82 Å². The Bertz CT molecular complexity index is 551. The van der Waals surface area contributed by atoms with Crippen molar-refractivity contribution in [3.63, 3.8) is 0 Å². The van der Waals surface area contributed by atoms with Crippen molar-refractivity contribution in [2.24, 2.45) is 5.14 Å². The van der Waals surface area contributed by atoms with E-state index in [1.165, 1.54) is 12.1 Å². The second kappa shape index (κ2) is 4.51. The Morgan fingerprint density at radius 3 is 2.44 bits per heavy atom. The molecule has 1 aromatic rings. The van der Waals surface area contributed by atoms with Crippen molar-refractivity contribution < 1.29 is 12.8 Å². The highest BCUT2D eigenvalue weighted by Gasteiger charge is 2.29. The second-order valence-corrected chi connectivity index (χ2v) is 6.64. The maximum Gasteiger partial charge on any atom is 0.238 e. The van der Waals surface area contributed by atoms with Gasteiger partial charge in [-0.3, -0.25) is 0 Å². The molecule has 1 aliphatic rings. The third kappa shape index (κ3) is 2.81. The minimum absolute atomic E-state index is 0.107. The van der Waals surface area contributed by atoms with Crippen molar-refractivity contribution in [2.45, 2.75) is 43.0 Å². The van der Waals surface area contributed by atoms with Crippen LogP contribution in [0.25, 0.3) is 0 Å². The highest BCUT2D eigenvalue weighted by atomic mass is 32.2. The zero-order chi connectivity index (χ0) is 13.4. The minimum atomic E-state index is -3.85. The first-order valence-corrected chi connectivity index (χ1v) is 7.45. The van der Waals surface area contributed by atoms with E-state index in [0.29, 0.717) is 5.69 Å². The van der Waals surface area contributed by atoms with E-state index < -0.39 is 15.8 Å². The van der Waals surface area contributed by atoms with Gasteiger partial charge in [0, 0.05) is 5.54 Å². The summed E-state index contributed by atoms with van der Waals surface area (Å²) in [6, 6.07) is 3.70. The molecule has 0 radical (unpaired) electrons. The molecule has 0 saturated heterocycles. The van der Waals surface area contributed by atoms with Crippen LogP contribution < -0.4 is 10.5 Å². The molecule has 0 unspecified atom stereocenters. The molecule has 100 valence electrons. The number of nitrogens with two attached hydrogens (primary N) is 1. The van der Waals surface area contributed by atoms with E-state index in [0.717, 1.165) is 31.7 Å². The Balaban J connectivity index is 2.25. The third-order valence-electron chi connectivity index (χ3n) is 3.41. The Labute approximate surface area is 106 Å². The summed E-state index contributed by atoms with van der Waals surface area (Å²) in [5, 5.41) is 8.10. The lowest BCUT2D eigenvalue weighted by Crippen LogP contribution is -2.31. The number of rotatable bonds is 3. The molecule has 0 bridgehead atoms. The fourth-order valence-corrected chi connectivity index (χ4v) is 2.91. The van der Waals surface area contributed by atoms with Gasteiger partial charge in [-0.05, 0) is 38.0 Å². The van der Waals surface area contributed by atoms with Gasteiger partial charge in [-0.1, -0.05) is 12.8 Å². The van der Waals surface area contributed by atoms with Crippen molar-refractivity contribution in [3.8, 4) is 0 Å². The molecule has 6 heteroatoms. The van der Waals surface area contributed by atoms with Crippen LogP contribution in [0.15, 0.2) is 23.1 Å². The lowest BCUT2D eigenvalue weighted by atomic mass is 10.0. The average Bonchev–Trinajstić information content (AvgIpc) is 2.67. The molecule has 1 fully saturated rings. The number of nitrogens with one attached hydrogen (secondary N) is 1. The van der Waals surface area contributed by atoms with Gasteiger partial charge in [0.25, 0.3) is 0 Å². The highest BCUT2D eigenvalue weighted by Crippen LogP contribution is 2.33. The summed E-state index contributed by atoms with van der Waals surface area (Å²) in [5.74, 6) is -0.588. The SMILES string of the molecule is CC1(Nc2ccc(S(N)(=O)=O)cc2F)CCCC1. The predicted octanol–water partition coefficient (Wildman–Crippen LogP) is 2.22. The molecule has 0 atom stereocenters. The normalized spacial score (nSPS) is 18.8. The molecule has 4 nitrogen and oxygen atoms in total. The molecule has 0 spiro atoms. The lowest BCUT2D eigenvalue weighted by Gasteiger charge is -2.27. The molecule has 0 amide bonds. The number of primary sulfonamides is 1. The Hall–Kier alpha value is -1.14. The second-order valence-electron chi connectivity index (χ2n) is 5.08. The van der Waals surface area contributed by atoms with Gasteiger partial charge in [-0.2, -0.15) is 0 Å². The van der Waals surface area contributed by atoms with Crippen LogP contribution in [0.4, 0.5) is 10.1 Å². The quantitative estimate of drug-likeness (QED) is 0.886. The average molecular weight is 272 g/mol. The van der Waals surface area contributed by atoms with Crippen LogP contribution in [-0.2, 0) is 10.0 Å². The van der Waals surface area contributed by atoms with Crippen molar-refractivity contribution in [3.05, 3.63) is 24.0 Å². The van der Waals surface area contributed by atoms with Gasteiger partial charge in [-0.15, -0.1) is 0 Å². The summed E-state index contributed by atoms with van der Waals surface area (Å²) in [6.07, 6.45) is 4.23. The summed E-state index contributed by atoms with van der Waals surface area (Å²) >= 11 is 0. The maximum atomic E-state index is 13.8. The van der Waals surface area contributed by atoms with E-state index in [2.05, 4.69) is 5.32 Å². The van der Waals surface area contributed by atoms with Crippen molar-refractivity contribution in [2.75, 3.05) is 5.32 Å². The van der Waals surface area contributed by atoms with Crippen LogP contribution in [-0.4, -0.2) is 14.0 Å². The van der Waals surface area contributed by atoms with Crippen LogP contribution >= 0.6 is 0 Å². The Morgan fingerprint density at radius 2 is 1.94 bits per heavy atom. The molecular formula is C12H17FN2O2S. The zero-order valence-electron chi connectivity index (χ0n) is 10.2. The molecule has 0 aromatic heterocycles. The van der Waals surface area contributed by atoms with E-state index in [1.807, 2.05) is 6.92 Å². The first-order valence-electron chi connectivity index (χ1n) is 5.91. The van der Waals surface area contributed by atoms with Crippen LogP contribution in [0, 0.1) is 5.82 Å². The van der Waals surface area contributed by atoms with Gasteiger partial charge >= 0.3 is 0 Å². The number of anilines is 1. The van der Waals surface area contributed by atoms with Gasteiger partial charge in [-0.25, -0.2) is 17.9 Å². The number of benzene rings is 1. The first kappa shape index (κ1) is 13.3. The van der Waals surface area contributed by atoms with Gasteiger partial charge in [0.15, 0.2) is 0 Å². The molecular weight excluding hydrogens is 255 g/mol. The molecule has 2 rings (SSSR count). The van der Waals surface area contributed by atoms with E-state index in [1.54, 1.807) is 0 Å². The van der Waals surface area contributed by atoms with E-state index in [4.69, 9.17) is 5.14 Å². The predicted molar refractivity (Wildman–Crippen MR) is 68.3 cm³/mol. The lowest BCUT2D eigenvalue weighted by molar-refractivity contribution is 0.524. The fourth-order valence-electron chi connectivity index (χ4n) is 2.38. The Kier molecular flexibility index (Phi) is 3.33. The molecule has 0 heterocycles. The maximum absolute atomic E-state index is 13.8. The molecule has 1 aromatic carbocycles. The molecule has 0 aliphatic heterocycles. The van der Waals surface area contributed by atoms with Gasteiger partial charge in [0.2, 0.25) is 10.0 Å². The first-order chi connectivity index (χ1) is 8.30. The summed E-state index contributed by atoms with van der Waals surface area (Å²) < 4.78 is 36.0. The zero-order valence-corrected chi connectivity index (χ0v) is 11.1. The number of halogens is 1. The van der Waals surface area contributed by atoms with Crippen molar-refractivity contribution in [1.82, 2.24) is 0 Å². The van der Waals surface area contributed by atoms with E-state index >= 15 is 0 Å². The fraction of sp³-hybridized carbons (Fsp3) is 0.500. The van der Waals surface area contributed by atoms with Crippen LogP contribution in [0.3, 0.4) is 0 Å². The number of hydrogen-bond donors (Lipinski definition) is 2. The number of sulfonamides is 1. The smallest absolute Gasteiger partial charge is 0.238 e.